The van der Waals surface area contributed by atoms with Crippen LogP contribution in [0.5, 0.6) is 0 Å². The van der Waals surface area contributed by atoms with Gasteiger partial charge in [0, 0.05) is 11.8 Å². The molecule has 1 saturated carbocycles. The highest BCUT2D eigenvalue weighted by atomic mass is 16.8. The predicted octanol–water partition coefficient (Wildman–Crippen LogP) is -4.03. The van der Waals surface area contributed by atoms with E-state index in [-0.39, 0.29) is 5.57 Å². The van der Waals surface area contributed by atoms with Crippen LogP contribution in [0.3, 0.4) is 0 Å². The van der Waals surface area contributed by atoms with E-state index >= 15 is 0 Å². The van der Waals surface area contributed by atoms with Gasteiger partial charge in [0.1, 0.15) is 24.4 Å². The van der Waals surface area contributed by atoms with Crippen molar-refractivity contribution in [1.82, 2.24) is 0 Å². The first-order valence-corrected chi connectivity index (χ1v) is 9.51. The molecule has 11 unspecified atom stereocenters. The molecule has 31 heavy (non-hydrogen) atoms. The molecule has 2 aliphatic heterocycles. The van der Waals surface area contributed by atoms with E-state index in [1.54, 1.807) is 0 Å². The Balaban J connectivity index is 1.93. The normalized spacial score (nSPS) is 44.6. The van der Waals surface area contributed by atoms with Gasteiger partial charge < -0.3 is 54.3 Å². The molecule has 3 aliphatic rings. The molecule has 0 spiro atoms. The van der Waals surface area contributed by atoms with E-state index in [1.165, 1.54) is 0 Å². The van der Waals surface area contributed by atoms with Gasteiger partial charge >= 0.3 is 11.9 Å². The summed E-state index contributed by atoms with van der Waals surface area (Å²) in [6.07, 6.45) is -11.7. The van der Waals surface area contributed by atoms with Gasteiger partial charge in [-0.15, -0.1) is 0 Å². The van der Waals surface area contributed by atoms with Gasteiger partial charge in [0.25, 0.3) is 0 Å². The average Bonchev–Trinajstić information content (AvgIpc) is 3.04. The van der Waals surface area contributed by atoms with Crippen molar-refractivity contribution in [3.05, 3.63) is 11.8 Å². The molecule has 0 aromatic carbocycles. The Hall–Kier alpha value is -1.84. The molecule has 1 saturated heterocycles. The van der Waals surface area contributed by atoms with Crippen molar-refractivity contribution in [2.24, 2.45) is 17.8 Å². The predicted molar refractivity (Wildman–Crippen MR) is 94.3 cm³/mol. The highest BCUT2D eigenvalue weighted by molar-refractivity contribution is 5.89. The summed E-state index contributed by atoms with van der Waals surface area (Å²) >= 11 is 0. The van der Waals surface area contributed by atoms with Gasteiger partial charge in [-0.3, -0.25) is 4.79 Å². The third kappa shape index (κ3) is 4.03. The molecule has 176 valence electrons. The molecule has 0 aromatic rings. The molecule has 13 nitrogen and oxygen atoms in total. The van der Waals surface area contributed by atoms with Crippen LogP contribution < -0.4 is 0 Å². The zero-order chi connectivity index (χ0) is 23.0. The number of hydrogen-bond donors (Lipinski definition) is 6. The Bertz CT molecular complexity index is 709. The maximum absolute atomic E-state index is 12.3. The van der Waals surface area contributed by atoms with E-state index in [9.17, 15) is 40.2 Å². The van der Waals surface area contributed by atoms with Gasteiger partial charge in [0.2, 0.25) is 6.29 Å². The minimum Gasteiger partial charge on any atom is -0.472 e. The Kier molecular flexibility index (Phi) is 7.18. The summed E-state index contributed by atoms with van der Waals surface area (Å²) in [5, 5.41) is 60.4. The van der Waals surface area contributed by atoms with Crippen LogP contribution >= 0.6 is 0 Å². The highest BCUT2D eigenvalue weighted by Crippen LogP contribution is 2.48. The second kappa shape index (κ2) is 9.34. The monoisotopic (exact) mass is 450 g/mol. The lowest BCUT2D eigenvalue weighted by molar-refractivity contribution is -0.342. The molecule has 0 bridgehead atoms. The molecule has 6 N–H and O–H groups in total. The van der Waals surface area contributed by atoms with Crippen molar-refractivity contribution in [3.8, 4) is 0 Å². The lowest BCUT2D eigenvalue weighted by atomic mass is 9.82. The molecule has 1 aliphatic carbocycles. The number of ether oxygens (including phenoxy) is 5. The largest absolute Gasteiger partial charge is 0.472 e. The Morgan fingerprint density at radius 2 is 1.61 bits per heavy atom. The fraction of sp³-hybridized carbons (Fsp3) is 0.778. The number of hydrogen-bond acceptors (Lipinski definition) is 13. The van der Waals surface area contributed by atoms with Crippen molar-refractivity contribution in [1.29, 1.82) is 0 Å². The van der Waals surface area contributed by atoms with Crippen LogP contribution in [-0.4, -0.2) is 113 Å². The Labute approximate surface area is 176 Å². The van der Waals surface area contributed by atoms with Crippen LogP contribution in [0.15, 0.2) is 11.8 Å². The summed E-state index contributed by atoms with van der Waals surface area (Å²) < 4.78 is 25.7. The fourth-order valence-electron chi connectivity index (χ4n) is 4.31. The standard InChI is InChI=1S/C18H26O13/c1-27-15(25)5-4-29-17(8-7(5)11(21)12(22)9(8)16(26)28-2)31-18-14(24)13(23)10(20)6(3-19)30-18/h4,6-14,17-24H,3H2,1-2H3. The van der Waals surface area contributed by atoms with Crippen molar-refractivity contribution in [2.45, 2.75) is 49.2 Å². The van der Waals surface area contributed by atoms with Gasteiger partial charge in [-0.05, 0) is 0 Å². The number of carbonyl (C=O) groups excluding carboxylic acids is 2. The Morgan fingerprint density at radius 3 is 2.19 bits per heavy atom. The smallest absolute Gasteiger partial charge is 0.337 e. The molecule has 0 radical (unpaired) electrons. The number of methoxy groups -OCH3 is 2. The summed E-state index contributed by atoms with van der Waals surface area (Å²) in [4.78, 5) is 24.5. The third-order valence-electron chi connectivity index (χ3n) is 5.93. The number of carbonyl (C=O) groups is 2. The molecule has 2 heterocycles. The van der Waals surface area contributed by atoms with Gasteiger partial charge in [-0.25, -0.2) is 4.79 Å². The average molecular weight is 450 g/mol. The lowest BCUT2D eigenvalue weighted by Gasteiger charge is -2.43. The topological polar surface area (TPSA) is 202 Å². The second-order valence-corrected chi connectivity index (χ2v) is 7.54. The van der Waals surface area contributed by atoms with Crippen molar-refractivity contribution < 1.29 is 63.9 Å². The molecule has 11 atom stereocenters. The number of aliphatic hydroxyl groups excluding tert-OH is 6. The fourth-order valence-corrected chi connectivity index (χ4v) is 4.31. The summed E-state index contributed by atoms with van der Waals surface area (Å²) in [7, 11) is 2.17. The molecule has 0 amide bonds. The van der Waals surface area contributed by atoms with E-state index in [2.05, 4.69) is 4.74 Å². The van der Waals surface area contributed by atoms with Gasteiger partial charge in [-0.1, -0.05) is 0 Å². The molecular formula is C18H26O13. The zero-order valence-corrected chi connectivity index (χ0v) is 16.7. The van der Waals surface area contributed by atoms with Crippen LogP contribution in [0.2, 0.25) is 0 Å². The quantitative estimate of drug-likeness (QED) is 0.221. The Morgan fingerprint density at radius 1 is 0.935 bits per heavy atom. The van der Waals surface area contributed by atoms with Crippen LogP contribution in [0.4, 0.5) is 0 Å². The molecule has 0 aromatic heterocycles. The van der Waals surface area contributed by atoms with Crippen molar-refractivity contribution >= 4 is 11.9 Å². The van der Waals surface area contributed by atoms with E-state index in [1.807, 2.05) is 0 Å². The minimum absolute atomic E-state index is 0.154. The van der Waals surface area contributed by atoms with Gasteiger partial charge in [-0.2, -0.15) is 0 Å². The molecule has 3 rings (SSSR count). The lowest BCUT2D eigenvalue weighted by Crippen LogP contribution is -2.60. The first-order valence-electron chi connectivity index (χ1n) is 9.51. The van der Waals surface area contributed by atoms with E-state index in [0.29, 0.717) is 0 Å². The SMILES string of the molecule is COC(=O)C1=COC(OC2OC(CO)C(O)C(O)C2O)C2C(C(=O)OC)C(O)C(O)C12. The maximum Gasteiger partial charge on any atom is 0.337 e. The number of rotatable bonds is 5. The molecular weight excluding hydrogens is 424 g/mol. The van der Waals surface area contributed by atoms with Gasteiger partial charge in [0.05, 0.1) is 50.8 Å². The summed E-state index contributed by atoms with van der Waals surface area (Å²) in [5.74, 6) is -5.48. The molecule has 13 heteroatoms. The van der Waals surface area contributed by atoms with E-state index < -0.39 is 85.5 Å². The maximum atomic E-state index is 12.3. The molecule has 2 fully saturated rings. The van der Waals surface area contributed by atoms with Crippen LogP contribution in [0.25, 0.3) is 0 Å². The number of fused-ring (bicyclic) bond motifs is 1. The van der Waals surface area contributed by atoms with Crippen molar-refractivity contribution in [3.63, 3.8) is 0 Å². The summed E-state index contributed by atoms with van der Waals surface area (Å²) in [6, 6.07) is 0. The first-order chi connectivity index (χ1) is 14.7. The van der Waals surface area contributed by atoms with E-state index in [4.69, 9.17) is 18.9 Å². The number of aliphatic hydroxyl groups is 6. The second-order valence-electron chi connectivity index (χ2n) is 7.54. The van der Waals surface area contributed by atoms with Crippen LogP contribution in [0, 0.1) is 17.8 Å². The minimum atomic E-state index is -1.77. The highest BCUT2D eigenvalue weighted by Gasteiger charge is 2.61. The zero-order valence-electron chi connectivity index (χ0n) is 16.7. The third-order valence-corrected chi connectivity index (χ3v) is 5.93. The van der Waals surface area contributed by atoms with E-state index in [0.717, 1.165) is 20.5 Å². The van der Waals surface area contributed by atoms with Gasteiger partial charge in [0.15, 0.2) is 6.29 Å². The number of esters is 2. The van der Waals surface area contributed by atoms with Crippen molar-refractivity contribution in [2.75, 3.05) is 20.8 Å². The summed E-state index contributed by atoms with van der Waals surface area (Å²) in [6.45, 7) is -0.697. The summed E-state index contributed by atoms with van der Waals surface area (Å²) in [5.41, 5.74) is -0.154. The first kappa shape index (κ1) is 23.8. The van der Waals surface area contributed by atoms with Crippen LogP contribution in [0.1, 0.15) is 0 Å². The van der Waals surface area contributed by atoms with Crippen LogP contribution in [-0.2, 0) is 33.3 Å².